The van der Waals surface area contributed by atoms with Crippen LogP contribution >= 0.6 is 0 Å². The minimum absolute atomic E-state index is 0.412. The molecule has 1 heterocycles. The van der Waals surface area contributed by atoms with Gasteiger partial charge >= 0.3 is 0 Å². The Hall–Kier alpha value is -1.81. The second-order valence-corrected chi connectivity index (χ2v) is 3.84. The molecule has 0 spiro atoms. The zero-order valence-electron chi connectivity index (χ0n) is 10.2. The molecule has 90 valence electrons. The van der Waals surface area contributed by atoms with E-state index in [2.05, 4.69) is 29.0 Å². The number of aromatic nitrogens is 2. The minimum Gasteiger partial charge on any atom is -0.496 e. The maximum Gasteiger partial charge on any atom is 0.128 e. The second kappa shape index (κ2) is 5.01. The Morgan fingerprint density at radius 2 is 2.24 bits per heavy atom. The van der Waals surface area contributed by atoms with Gasteiger partial charge in [0.1, 0.15) is 11.6 Å². The van der Waals surface area contributed by atoms with Crippen molar-refractivity contribution in [2.45, 2.75) is 19.9 Å². The Balaban J connectivity index is 2.47. The molecule has 2 aromatic rings. The molecule has 0 saturated heterocycles. The van der Waals surface area contributed by atoms with Crippen LogP contribution in [0.15, 0.2) is 24.4 Å². The number of nitrogens with zero attached hydrogens (tertiary/aromatic N) is 1. The largest absolute Gasteiger partial charge is 0.496 e. The number of imidazole rings is 1. The highest BCUT2D eigenvalue weighted by Crippen LogP contribution is 2.29. The molecule has 17 heavy (non-hydrogen) atoms. The fourth-order valence-electron chi connectivity index (χ4n) is 1.79. The quantitative estimate of drug-likeness (QED) is 0.847. The van der Waals surface area contributed by atoms with Gasteiger partial charge in [-0.1, -0.05) is 13.0 Å². The molecule has 4 nitrogen and oxygen atoms in total. The van der Waals surface area contributed by atoms with E-state index in [-0.39, 0.29) is 0 Å². The van der Waals surface area contributed by atoms with Crippen LogP contribution in [0.2, 0.25) is 0 Å². The smallest absolute Gasteiger partial charge is 0.128 e. The van der Waals surface area contributed by atoms with E-state index in [1.807, 2.05) is 6.07 Å². The molecule has 0 atom stereocenters. The van der Waals surface area contributed by atoms with Crippen LogP contribution in [0.3, 0.4) is 0 Å². The average molecular weight is 231 g/mol. The van der Waals surface area contributed by atoms with E-state index in [0.29, 0.717) is 6.54 Å². The summed E-state index contributed by atoms with van der Waals surface area (Å²) in [5.74, 6) is 1.62. The van der Waals surface area contributed by atoms with E-state index in [1.54, 1.807) is 13.3 Å². The van der Waals surface area contributed by atoms with Gasteiger partial charge in [-0.2, -0.15) is 0 Å². The summed E-state index contributed by atoms with van der Waals surface area (Å²) in [7, 11) is 1.67. The molecule has 3 N–H and O–H groups in total. The van der Waals surface area contributed by atoms with Gasteiger partial charge in [-0.05, 0) is 24.1 Å². The second-order valence-electron chi connectivity index (χ2n) is 3.84. The van der Waals surface area contributed by atoms with Crippen molar-refractivity contribution in [2.75, 3.05) is 7.11 Å². The number of aromatic amines is 1. The number of benzene rings is 1. The van der Waals surface area contributed by atoms with Gasteiger partial charge in [0.05, 0.1) is 25.5 Å². The number of H-pyrrole nitrogens is 1. The van der Waals surface area contributed by atoms with Crippen molar-refractivity contribution < 1.29 is 4.74 Å². The Labute approximate surface area is 101 Å². The zero-order chi connectivity index (χ0) is 12.3. The van der Waals surface area contributed by atoms with Crippen molar-refractivity contribution >= 4 is 0 Å². The van der Waals surface area contributed by atoms with Crippen molar-refractivity contribution in [1.29, 1.82) is 0 Å². The summed E-state index contributed by atoms with van der Waals surface area (Å²) in [5, 5.41) is 0. The van der Waals surface area contributed by atoms with Crippen molar-refractivity contribution in [3.63, 3.8) is 0 Å². The lowest BCUT2D eigenvalue weighted by molar-refractivity contribution is 0.416. The normalized spacial score (nSPS) is 10.5. The third-order valence-corrected chi connectivity index (χ3v) is 2.78. The minimum atomic E-state index is 0.412. The molecule has 0 radical (unpaired) electrons. The van der Waals surface area contributed by atoms with Crippen molar-refractivity contribution in [1.82, 2.24) is 9.97 Å². The number of hydrogen-bond donors (Lipinski definition) is 2. The lowest BCUT2D eigenvalue weighted by atomic mass is 10.1. The highest BCUT2D eigenvalue weighted by molar-refractivity contribution is 5.67. The summed E-state index contributed by atoms with van der Waals surface area (Å²) in [6.07, 6.45) is 2.79. The van der Waals surface area contributed by atoms with Gasteiger partial charge in [0.2, 0.25) is 0 Å². The Kier molecular flexibility index (Phi) is 3.44. The summed E-state index contributed by atoms with van der Waals surface area (Å²) in [6, 6.07) is 6.17. The predicted molar refractivity (Wildman–Crippen MR) is 67.8 cm³/mol. The number of rotatable bonds is 4. The predicted octanol–water partition coefficient (Wildman–Crippen LogP) is 2.11. The Bertz CT molecular complexity index is 505. The molecule has 0 amide bonds. The highest BCUT2D eigenvalue weighted by atomic mass is 16.5. The summed E-state index contributed by atoms with van der Waals surface area (Å²) in [6.45, 7) is 2.54. The molecule has 0 fully saturated rings. The first kappa shape index (κ1) is 11.7. The number of ether oxygens (including phenoxy) is 1. The number of nitrogens with one attached hydrogen (secondary N) is 1. The van der Waals surface area contributed by atoms with E-state index < -0.39 is 0 Å². The standard InChI is InChI=1S/C13H17N3O/c1-3-9-4-5-12(17-2)10(6-9)11-8-15-13(7-14)16-11/h4-6,8H,3,7,14H2,1-2H3,(H,15,16). The molecule has 0 aliphatic heterocycles. The van der Waals surface area contributed by atoms with Gasteiger partial charge in [-0.15, -0.1) is 0 Å². The van der Waals surface area contributed by atoms with Crippen molar-refractivity contribution in [2.24, 2.45) is 5.73 Å². The summed E-state index contributed by atoms with van der Waals surface area (Å²) in [5.41, 5.74) is 8.78. The van der Waals surface area contributed by atoms with E-state index in [9.17, 15) is 0 Å². The molecule has 0 bridgehead atoms. The van der Waals surface area contributed by atoms with Gasteiger partial charge in [-0.25, -0.2) is 4.98 Å². The van der Waals surface area contributed by atoms with Crippen LogP contribution in [0.25, 0.3) is 11.3 Å². The first-order valence-corrected chi connectivity index (χ1v) is 5.69. The van der Waals surface area contributed by atoms with E-state index in [0.717, 1.165) is 29.3 Å². The SMILES string of the molecule is CCc1ccc(OC)c(-c2cnc(CN)[nH]2)c1. The first-order chi connectivity index (χ1) is 8.28. The summed E-state index contributed by atoms with van der Waals surface area (Å²) in [4.78, 5) is 7.39. The Morgan fingerprint density at radius 1 is 1.41 bits per heavy atom. The maximum atomic E-state index is 5.54. The van der Waals surface area contributed by atoms with Crippen molar-refractivity contribution in [3.05, 3.63) is 35.8 Å². The highest BCUT2D eigenvalue weighted by Gasteiger charge is 2.09. The van der Waals surface area contributed by atoms with Crippen LogP contribution in [0.5, 0.6) is 5.75 Å². The fraction of sp³-hybridized carbons (Fsp3) is 0.308. The van der Waals surface area contributed by atoms with Crippen LogP contribution < -0.4 is 10.5 Å². The first-order valence-electron chi connectivity index (χ1n) is 5.69. The number of methoxy groups -OCH3 is 1. The monoisotopic (exact) mass is 231 g/mol. The number of hydrogen-bond acceptors (Lipinski definition) is 3. The fourth-order valence-corrected chi connectivity index (χ4v) is 1.79. The van der Waals surface area contributed by atoms with Crippen LogP contribution in [-0.2, 0) is 13.0 Å². The summed E-state index contributed by atoms with van der Waals surface area (Å²) >= 11 is 0. The third kappa shape index (κ3) is 2.31. The van der Waals surface area contributed by atoms with Gasteiger partial charge in [0, 0.05) is 5.56 Å². The summed E-state index contributed by atoms with van der Waals surface area (Å²) < 4.78 is 5.36. The van der Waals surface area contributed by atoms with E-state index >= 15 is 0 Å². The Morgan fingerprint density at radius 3 is 2.82 bits per heavy atom. The lowest BCUT2D eigenvalue weighted by Crippen LogP contribution is -1.98. The van der Waals surface area contributed by atoms with Crippen LogP contribution in [0.4, 0.5) is 0 Å². The zero-order valence-corrected chi connectivity index (χ0v) is 10.2. The number of aryl methyl sites for hydroxylation is 1. The average Bonchev–Trinajstić information content (AvgIpc) is 2.86. The molecule has 0 saturated carbocycles. The van der Waals surface area contributed by atoms with E-state index in [1.165, 1.54) is 5.56 Å². The van der Waals surface area contributed by atoms with Crippen LogP contribution in [-0.4, -0.2) is 17.1 Å². The molecule has 0 aliphatic rings. The molecule has 2 rings (SSSR count). The number of nitrogens with two attached hydrogens (primary N) is 1. The van der Waals surface area contributed by atoms with Gasteiger partial charge in [-0.3, -0.25) is 0 Å². The topological polar surface area (TPSA) is 63.9 Å². The molecule has 1 aromatic carbocycles. The molecular formula is C13H17N3O. The third-order valence-electron chi connectivity index (χ3n) is 2.78. The van der Waals surface area contributed by atoms with Gasteiger partial charge in [0.25, 0.3) is 0 Å². The van der Waals surface area contributed by atoms with Gasteiger partial charge < -0.3 is 15.5 Å². The maximum absolute atomic E-state index is 5.54. The van der Waals surface area contributed by atoms with Gasteiger partial charge in [0.15, 0.2) is 0 Å². The lowest BCUT2D eigenvalue weighted by Gasteiger charge is -2.08. The van der Waals surface area contributed by atoms with Crippen LogP contribution in [0.1, 0.15) is 18.3 Å². The molecule has 0 aliphatic carbocycles. The van der Waals surface area contributed by atoms with E-state index in [4.69, 9.17) is 10.5 Å². The molecular weight excluding hydrogens is 214 g/mol. The van der Waals surface area contributed by atoms with Crippen molar-refractivity contribution in [3.8, 4) is 17.0 Å². The molecule has 0 unspecified atom stereocenters. The molecule has 1 aromatic heterocycles. The molecule has 4 heteroatoms. The van der Waals surface area contributed by atoms with Crippen LogP contribution in [0, 0.1) is 0 Å².